The van der Waals surface area contributed by atoms with Gasteiger partial charge in [0.05, 0.1) is 11.2 Å². The van der Waals surface area contributed by atoms with E-state index in [1.807, 2.05) is 11.1 Å². The van der Waals surface area contributed by atoms with Crippen molar-refractivity contribution in [3.05, 3.63) is 30.2 Å². The van der Waals surface area contributed by atoms with Gasteiger partial charge in [-0.1, -0.05) is 25.7 Å². The Hall–Kier alpha value is -2.37. The number of likely N-dealkylation sites (tertiary alicyclic amines) is 1. The van der Waals surface area contributed by atoms with Gasteiger partial charge in [-0.2, -0.15) is 0 Å². The van der Waals surface area contributed by atoms with Crippen molar-refractivity contribution in [3.63, 3.8) is 0 Å². The molecule has 1 aliphatic carbocycles. The lowest BCUT2D eigenvalue weighted by molar-refractivity contribution is -0.137. The lowest BCUT2D eigenvalue weighted by Crippen LogP contribution is -2.50. The van der Waals surface area contributed by atoms with Crippen LogP contribution in [0.1, 0.15) is 44.2 Å². The third kappa shape index (κ3) is 4.67. The van der Waals surface area contributed by atoms with Crippen molar-refractivity contribution in [2.75, 3.05) is 13.1 Å². The first kappa shape index (κ1) is 19.4. The summed E-state index contributed by atoms with van der Waals surface area (Å²) in [5.74, 6) is 1.74. The van der Waals surface area contributed by atoms with E-state index < -0.39 is 0 Å². The molecule has 27 heavy (non-hydrogen) atoms. The maximum absolute atomic E-state index is 12.3. The standard InChI is InChI=1S/C20H27N3O.CH2O2/c1-22-11-9-17-8-10-21-18(20(17)22)12-16-13-23(14-16)19(24)7-6-15-4-2-3-5-15;2-1-3/h8-11,15-16H,2-7,12-14H2,1H3;1H,(H,2,3). The summed E-state index contributed by atoms with van der Waals surface area (Å²) >= 11 is 0. The predicted molar refractivity (Wildman–Crippen MR) is 104 cm³/mol. The molecule has 146 valence electrons. The number of fused-ring (bicyclic) bond motifs is 1. The van der Waals surface area contributed by atoms with Crippen molar-refractivity contribution in [2.24, 2.45) is 18.9 Å². The second kappa shape index (κ2) is 9.02. The minimum absolute atomic E-state index is 0.250. The largest absolute Gasteiger partial charge is 0.483 e. The van der Waals surface area contributed by atoms with E-state index in [0.29, 0.717) is 11.8 Å². The molecule has 4 rings (SSSR count). The molecule has 0 unspecified atom stereocenters. The Kier molecular flexibility index (Phi) is 6.48. The van der Waals surface area contributed by atoms with Gasteiger partial charge in [-0.15, -0.1) is 0 Å². The second-order valence-electron chi connectivity index (χ2n) is 7.79. The fraction of sp³-hybridized carbons (Fsp3) is 0.571. The molecule has 2 fully saturated rings. The molecule has 0 spiro atoms. The van der Waals surface area contributed by atoms with Crippen LogP contribution in [0.3, 0.4) is 0 Å². The van der Waals surface area contributed by atoms with Crippen LogP contribution in [0, 0.1) is 11.8 Å². The molecular formula is C21H29N3O3. The zero-order chi connectivity index (χ0) is 19.2. The van der Waals surface area contributed by atoms with E-state index in [1.54, 1.807) is 0 Å². The molecule has 0 aromatic carbocycles. The molecule has 1 saturated heterocycles. The summed E-state index contributed by atoms with van der Waals surface area (Å²) < 4.78 is 2.15. The Balaban J connectivity index is 0.000000659. The Morgan fingerprint density at radius 2 is 1.96 bits per heavy atom. The number of aryl methyl sites for hydroxylation is 1. The summed E-state index contributed by atoms with van der Waals surface area (Å²) in [6, 6.07) is 4.21. The van der Waals surface area contributed by atoms with Crippen LogP contribution in [0.4, 0.5) is 0 Å². The number of hydrogen-bond acceptors (Lipinski definition) is 3. The summed E-state index contributed by atoms with van der Waals surface area (Å²) in [6.45, 7) is 1.57. The normalized spacial score (nSPS) is 17.4. The number of pyridine rings is 1. The fourth-order valence-corrected chi connectivity index (χ4v) is 4.43. The number of carboxylic acid groups (broad SMARTS) is 1. The van der Waals surface area contributed by atoms with Crippen LogP contribution in [0.25, 0.3) is 10.9 Å². The van der Waals surface area contributed by atoms with Crippen LogP contribution < -0.4 is 0 Å². The molecule has 3 heterocycles. The molecule has 0 atom stereocenters. The van der Waals surface area contributed by atoms with Gasteiger partial charge < -0.3 is 14.6 Å². The molecule has 0 bridgehead atoms. The van der Waals surface area contributed by atoms with E-state index >= 15 is 0 Å². The van der Waals surface area contributed by atoms with E-state index in [4.69, 9.17) is 9.90 Å². The third-order valence-corrected chi connectivity index (χ3v) is 5.89. The predicted octanol–water partition coefficient (Wildman–Crippen LogP) is 3.25. The van der Waals surface area contributed by atoms with E-state index in [1.165, 1.54) is 42.3 Å². The van der Waals surface area contributed by atoms with Crippen LogP contribution in [0.2, 0.25) is 0 Å². The van der Waals surface area contributed by atoms with Crippen LogP contribution in [-0.2, 0) is 23.1 Å². The topological polar surface area (TPSA) is 75.4 Å². The van der Waals surface area contributed by atoms with Gasteiger partial charge in [-0.3, -0.25) is 14.6 Å². The van der Waals surface area contributed by atoms with Crippen molar-refractivity contribution in [3.8, 4) is 0 Å². The minimum Gasteiger partial charge on any atom is -0.483 e. The Bertz CT molecular complexity index is 774. The molecule has 1 saturated carbocycles. The summed E-state index contributed by atoms with van der Waals surface area (Å²) in [6.07, 6.45) is 12.2. The molecule has 0 radical (unpaired) electrons. The van der Waals surface area contributed by atoms with Gasteiger partial charge >= 0.3 is 0 Å². The van der Waals surface area contributed by atoms with Gasteiger partial charge in [-0.25, -0.2) is 0 Å². The quantitative estimate of drug-likeness (QED) is 0.819. The molecular weight excluding hydrogens is 342 g/mol. The lowest BCUT2D eigenvalue weighted by atomic mass is 9.92. The number of hydrogen-bond donors (Lipinski definition) is 1. The maximum atomic E-state index is 12.3. The van der Waals surface area contributed by atoms with Gasteiger partial charge in [0.1, 0.15) is 0 Å². The number of nitrogens with zero attached hydrogens (tertiary/aromatic N) is 3. The lowest BCUT2D eigenvalue weighted by Gasteiger charge is -2.39. The summed E-state index contributed by atoms with van der Waals surface area (Å²) in [5, 5.41) is 8.14. The van der Waals surface area contributed by atoms with Crippen molar-refractivity contribution >= 4 is 23.3 Å². The number of aromatic nitrogens is 2. The molecule has 6 nitrogen and oxygen atoms in total. The smallest absolute Gasteiger partial charge is 0.290 e. The van der Waals surface area contributed by atoms with Crippen molar-refractivity contribution in [2.45, 2.75) is 44.9 Å². The highest BCUT2D eigenvalue weighted by Gasteiger charge is 2.31. The van der Waals surface area contributed by atoms with Gasteiger partial charge in [0.25, 0.3) is 6.47 Å². The molecule has 2 aromatic rings. The number of rotatable bonds is 5. The Morgan fingerprint density at radius 3 is 2.67 bits per heavy atom. The monoisotopic (exact) mass is 371 g/mol. The van der Waals surface area contributed by atoms with Crippen LogP contribution in [0.5, 0.6) is 0 Å². The zero-order valence-corrected chi connectivity index (χ0v) is 16.0. The second-order valence-corrected chi connectivity index (χ2v) is 7.79. The Labute approximate surface area is 160 Å². The van der Waals surface area contributed by atoms with Crippen LogP contribution in [-0.4, -0.2) is 45.0 Å². The molecule has 2 aromatic heterocycles. The summed E-state index contributed by atoms with van der Waals surface area (Å²) in [5.41, 5.74) is 2.41. The van der Waals surface area contributed by atoms with E-state index in [-0.39, 0.29) is 6.47 Å². The highest BCUT2D eigenvalue weighted by Crippen LogP contribution is 2.30. The minimum atomic E-state index is -0.250. The van der Waals surface area contributed by atoms with Crippen molar-refractivity contribution < 1.29 is 14.7 Å². The number of carbonyl (C=O) groups excluding carboxylic acids is 1. The van der Waals surface area contributed by atoms with Gasteiger partial charge in [0.2, 0.25) is 5.91 Å². The highest BCUT2D eigenvalue weighted by atomic mass is 16.3. The third-order valence-electron chi connectivity index (χ3n) is 5.89. The van der Waals surface area contributed by atoms with Gasteiger partial charge in [0.15, 0.2) is 0 Å². The zero-order valence-electron chi connectivity index (χ0n) is 16.0. The molecule has 1 amide bonds. The highest BCUT2D eigenvalue weighted by molar-refractivity contribution is 5.82. The van der Waals surface area contributed by atoms with Crippen LogP contribution in [0.15, 0.2) is 24.5 Å². The van der Waals surface area contributed by atoms with Gasteiger partial charge in [0, 0.05) is 44.3 Å². The first-order chi connectivity index (χ1) is 13.1. The van der Waals surface area contributed by atoms with Crippen molar-refractivity contribution in [1.82, 2.24) is 14.5 Å². The van der Waals surface area contributed by atoms with Crippen LogP contribution >= 0.6 is 0 Å². The first-order valence-corrected chi connectivity index (χ1v) is 9.87. The van der Waals surface area contributed by atoms with E-state index in [9.17, 15) is 4.79 Å². The maximum Gasteiger partial charge on any atom is 0.290 e. The molecule has 2 aliphatic rings. The Morgan fingerprint density at radius 1 is 1.26 bits per heavy atom. The average Bonchev–Trinajstić information content (AvgIpc) is 3.27. The first-order valence-electron chi connectivity index (χ1n) is 9.87. The average molecular weight is 371 g/mol. The van der Waals surface area contributed by atoms with E-state index in [0.717, 1.165) is 38.3 Å². The summed E-state index contributed by atoms with van der Waals surface area (Å²) in [4.78, 5) is 27.3. The van der Waals surface area contributed by atoms with E-state index in [2.05, 4.69) is 34.9 Å². The number of amides is 1. The van der Waals surface area contributed by atoms with Crippen molar-refractivity contribution in [1.29, 1.82) is 0 Å². The number of carbonyl (C=O) groups is 2. The SMILES string of the molecule is Cn1ccc2ccnc(CC3CN(C(=O)CCC4CCCC4)C3)c21.O=CO. The van der Waals surface area contributed by atoms with Gasteiger partial charge in [-0.05, 0) is 36.8 Å². The fourth-order valence-electron chi connectivity index (χ4n) is 4.43. The molecule has 6 heteroatoms. The molecule has 1 N–H and O–H groups in total. The molecule has 1 aliphatic heterocycles. The summed E-state index contributed by atoms with van der Waals surface area (Å²) in [7, 11) is 2.08.